The third-order valence-corrected chi connectivity index (χ3v) is 8.89. The molecule has 0 saturated carbocycles. The highest BCUT2D eigenvalue weighted by molar-refractivity contribution is 7.47. The van der Waals surface area contributed by atoms with Crippen LogP contribution in [0, 0.1) is 0 Å². The molecule has 4 aromatic heterocycles. The summed E-state index contributed by atoms with van der Waals surface area (Å²) < 4.78 is 91.7. The van der Waals surface area contributed by atoms with Gasteiger partial charge in [-0.1, -0.05) is 0 Å². The van der Waals surface area contributed by atoms with Crippen molar-refractivity contribution in [3.63, 3.8) is 0 Å². The van der Waals surface area contributed by atoms with Crippen LogP contribution in [0.15, 0.2) is 23.8 Å². The molecule has 7 rings (SSSR count). The molecule has 6 N–H and O–H groups in total. The van der Waals surface area contributed by atoms with E-state index in [0.29, 0.717) is 0 Å². The number of phosphoric ester groups is 1. The predicted molar refractivity (Wildman–Crippen MR) is 139 cm³/mol. The fraction of sp³-hybridized carbons (Fsp3) is 0.500. The quantitative estimate of drug-likeness (QED) is 0.208. The highest BCUT2D eigenvalue weighted by Crippen LogP contribution is 2.52. The summed E-state index contributed by atoms with van der Waals surface area (Å²) >= 11 is 0. The van der Waals surface area contributed by atoms with Gasteiger partial charge in [-0.15, -0.1) is 9.05 Å². The Labute approximate surface area is 243 Å². The summed E-state index contributed by atoms with van der Waals surface area (Å²) in [4.78, 5) is 44.9. The maximum Gasteiger partial charge on any atom is 0.697 e. The number of ether oxygens (including phenoxy) is 2. The summed E-state index contributed by atoms with van der Waals surface area (Å²) in [5, 5.41) is 0. The number of nitrogen functional groups attached to an aromatic ring is 2. The second kappa shape index (κ2) is 10.8. The first kappa shape index (κ1) is 29.1. The number of hydrogen-bond donors (Lipinski definition) is 4. The van der Waals surface area contributed by atoms with Crippen molar-refractivity contribution in [3.05, 3.63) is 29.3 Å². The van der Waals surface area contributed by atoms with Crippen LogP contribution in [0.1, 0.15) is 12.5 Å². The molecule has 0 aromatic carbocycles. The van der Waals surface area contributed by atoms with Gasteiger partial charge in [-0.05, 0) is 0 Å². The van der Waals surface area contributed by atoms with E-state index in [1.165, 1.54) is 10.9 Å². The Hall–Kier alpha value is -3.59. The maximum absolute atomic E-state index is 15.8. The van der Waals surface area contributed by atoms with Crippen LogP contribution < -0.4 is 17.0 Å². The van der Waals surface area contributed by atoms with Crippen LogP contribution in [0.5, 0.6) is 0 Å². The number of imidazole rings is 2. The second-order valence-electron chi connectivity index (χ2n) is 9.80. The number of aromatic amines is 1. The zero-order valence-corrected chi connectivity index (χ0v) is 23.6. The van der Waals surface area contributed by atoms with Crippen LogP contribution in [-0.2, 0) is 36.7 Å². The van der Waals surface area contributed by atoms with E-state index in [0.717, 1.165) is 17.2 Å². The first-order valence-electron chi connectivity index (χ1n) is 12.7. The van der Waals surface area contributed by atoms with Crippen LogP contribution in [0.2, 0.25) is 0 Å². The molecular formula is C20H21F2N10O10P2+. The highest BCUT2D eigenvalue weighted by Gasteiger charge is 2.56. The smallest absolute Gasteiger partial charge is 0.382 e. The predicted octanol–water partition coefficient (Wildman–Crippen LogP) is 0.170. The van der Waals surface area contributed by atoms with Gasteiger partial charge >= 0.3 is 16.1 Å². The number of fused-ring (bicyclic) bond motifs is 5. The van der Waals surface area contributed by atoms with Gasteiger partial charge < -0.3 is 25.8 Å². The number of nitrogens with two attached hydrogens (primary N) is 2. The van der Waals surface area contributed by atoms with Gasteiger partial charge in [0, 0.05) is 4.57 Å². The van der Waals surface area contributed by atoms with Gasteiger partial charge in [0.25, 0.3) is 5.56 Å². The Balaban J connectivity index is 1.18. The van der Waals surface area contributed by atoms with E-state index in [2.05, 4.69) is 29.9 Å². The van der Waals surface area contributed by atoms with Crippen molar-refractivity contribution in [3.8, 4) is 0 Å². The Morgan fingerprint density at radius 1 is 0.977 bits per heavy atom. The average Bonchev–Trinajstić information content (AvgIpc) is 3.72. The molecule has 10 atom stereocenters. The second-order valence-corrected chi connectivity index (χ2v) is 12.1. The number of hydrogen-bond acceptors (Lipinski definition) is 16. The summed E-state index contributed by atoms with van der Waals surface area (Å²) in [6.45, 7) is -1.57. The van der Waals surface area contributed by atoms with Crippen molar-refractivity contribution in [1.29, 1.82) is 0 Å². The molecule has 0 spiro atoms. The normalized spacial score (nSPS) is 35.8. The van der Waals surface area contributed by atoms with Crippen LogP contribution >= 0.6 is 16.1 Å². The largest absolute Gasteiger partial charge is 0.697 e. The van der Waals surface area contributed by atoms with Crippen molar-refractivity contribution in [2.75, 3.05) is 24.7 Å². The van der Waals surface area contributed by atoms with Gasteiger partial charge in [-0.3, -0.25) is 28.0 Å². The lowest BCUT2D eigenvalue weighted by atomic mass is 10.1. The maximum atomic E-state index is 15.8. The highest BCUT2D eigenvalue weighted by atomic mass is 31.2. The molecule has 4 aromatic rings. The van der Waals surface area contributed by atoms with Crippen molar-refractivity contribution in [2.24, 2.45) is 0 Å². The van der Waals surface area contributed by atoms with Gasteiger partial charge in [-0.25, -0.2) is 33.3 Å². The number of phosphoric acid groups is 1. The number of aromatic nitrogens is 8. The van der Waals surface area contributed by atoms with Gasteiger partial charge in [0.2, 0.25) is 5.95 Å². The molecule has 0 amide bonds. The number of nitrogens with one attached hydrogen (secondary N) is 1. The molecule has 3 aliphatic rings. The zero-order valence-electron chi connectivity index (χ0n) is 21.8. The summed E-state index contributed by atoms with van der Waals surface area (Å²) in [5.41, 5.74) is 10.7. The van der Waals surface area contributed by atoms with Crippen LogP contribution in [-0.4, -0.2) is 93.9 Å². The average molecular weight is 661 g/mol. The Bertz CT molecular complexity index is 1880. The molecule has 3 aliphatic heterocycles. The third-order valence-electron chi connectivity index (χ3n) is 7.13. The van der Waals surface area contributed by atoms with E-state index in [4.69, 9.17) is 39.0 Å². The van der Waals surface area contributed by atoms with Crippen LogP contribution in [0.3, 0.4) is 0 Å². The summed E-state index contributed by atoms with van der Waals surface area (Å²) in [7, 11) is -8.29. The van der Waals surface area contributed by atoms with Crippen molar-refractivity contribution >= 4 is 50.2 Å². The van der Waals surface area contributed by atoms with Crippen molar-refractivity contribution < 1.29 is 50.4 Å². The van der Waals surface area contributed by atoms with Crippen LogP contribution in [0.4, 0.5) is 20.5 Å². The lowest BCUT2D eigenvalue weighted by molar-refractivity contribution is -0.0625. The minimum absolute atomic E-state index is 0.0233. The van der Waals surface area contributed by atoms with Crippen molar-refractivity contribution in [2.45, 2.75) is 49.2 Å². The minimum atomic E-state index is -5.16. The Morgan fingerprint density at radius 2 is 1.70 bits per heavy atom. The molecule has 0 aliphatic carbocycles. The van der Waals surface area contributed by atoms with E-state index in [9.17, 15) is 18.8 Å². The van der Waals surface area contributed by atoms with E-state index in [1.54, 1.807) is 0 Å². The fourth-order valence-corrected chi connectivity index (χ4v) is 6.85. The van der Waals surface area contributed by atoms with E-state index in [1.807, 2.05) is 0 Å². The van der Waals surface area contributed by atoms with Crippen molar-refractivity contribution in [1.82, 2.24) is 39.0 Å². The van der Waals surface area contributed by atoms with Gasteiger partial charge in [0.15, 0.2) is 53.5 Å². The monoisotopic (exact) mass is 661 g/mol. The Morgan fingerprint density at radius 3 is 2.50 bits per heavy atom. The lowest BCUT2D eigenvalue weighted by Gasteiger charge is -2.24. The minimum Gasteiger partial charge on any atom is -0.382 e. The molecule has 2 bridgehead atoms. The van der Waals surface area contributed by atoms with E-state index in [-0.39, 0.29) is 34.1 Å². The lowest BCUT2D eigenvalue weighted by Crippen LogP contribution is -2.33. The summed E-state index contributed by atoms with van der Waals surface area (Å²) in [6, 6.07) is 0. The number of rotatable bonds is 2. The number of halogens is 2. The third kappa shape index (κ3) is 4.93. The fourth-order valence-electron chi connectivity index (χ4n) is 5.15. The SMILES string of the molecule is Nc1nc2c(ncn2C2OC3CO[P+](=O)OC4C(COP(=O)(O)OC2C3F)OC(n2cnc3c(N)ncnc32)C4F)c(=O)[nH]1. The first-order chi connectivity index (χ1) is 21.0. The number of anilines is 2. The number of H-pyrrole nitrogens is 1. The topological polar surface area (TPSA) is 269 Å². The molecule has 0 radical (unpaired) electrons. The molecular weight excluding hydrogens is 640 g/mol. The van der Waals surface area contributed by atoms with Crippen LogP contribution in [0.25, 0.3) is 22.3 Å². The molecule has 24 heteroatoms. The first-order valence-corrected chi connectivity index (χ1v) is 15.3. The molecule has 44 heavy (non-hydrogen) atoms. The molecule has 3 fully saturated rings. The number of nitrogens with zero attached hydrogens (tertiary/aromatic N) is 7. The molecule has 234 valence electrons. The molecule has 10 unspecified atom stereocenters. The van der Waals surface area contributed by atoms with Gasteiger partial charge in [0.05, 0.1) is 19.3 Å². The van der Waals surface area contributed by atoms with E-state index < -0.39 is 84.1 Å². The van der Waals surface area contributed by atoms with E-state index >= 15 is 8.78 Å². The summed E-state index contributed by atoms with van der Waals surface area (Å²) in [5.74, 6) is -0.269. The summed E-state index contributed by atoms with van der Waals surface area (Å²) in [6.07, 6.45) is -10.4. The number of alkyl halides is 2. The van der Waals surface area contributed by atoms with Gasteiger partial charge in [-0.2, -0.15) is 4.98 Å². The molecule has 7 heterocycles. The zero-order chi connectivity index (χ0) is 30.9. The Kier molecular flexibility index (Phi) is 7.15. The van der Waals surface area contributed by atoms with Gasteiger partial charge in [0.1, 0.15) is 36.8 Å². The molecule has 20 nitrogen and oxygen atoms in total. The standard InChI is InChI=1S/C20H20F2N10O10P2/c21-8-6-1-37-43(34)41-12-7(40-18(9(12)22)31-4-27-10-14(23)25-3-26-15(10)31)2-38-44(35,36)42-13(8)19(39-6)32-5-28-11-16(32)29-20(24)30-17(11)33/h3-9,12-13,18-19H,1-2H2,(H5-,23,24,25,26,29,30,33,35,36)/p+1. The molecule has 3 saturated heterocycles.